The lowest BCUT2D eigenvalue weighted by Crippen LogP contribution is -2.31. The van der Waals surface area contributed by atoms with Crippen molar-refractivity contribution in [2.45, 2.75) is 65.2 Å². The van der Waals surface area contributed by atoms with Crippen LogP contribution in [0.2, 0.25) is 0 Å². The fraction of sp³-hybridized carbons (Fsp3) is 1.00. The molecule has 1 rings (SSSR count). The molecule has 0 atom stereocenters. The highest BCUT2D eigenvalue weighted by molar-refractivity contribution is 4.77. The quantitative estimate of drug-likeness (QED) is 0.727. The van der Waals surface area contributed by atoms with Crippen molar-refractivity contribution in [1.82, 2.24) is 5.32 Å². The Labute approximate surface area is 89.7 Å². The predicted molar refractivity (Wildman–Crippen MR) is 63.6 cm³/mol. The van der Waals surface area contributed by atoms with Gasteiger partial charge in [-0.25, -0.2) is 0 Å². The van der Waals surface area contributed by atoms with Gasteiger partial charge < -0.3 is 5.32 Å². The second-order valence-corrected chi connectivity index (χ2v) is 5.21. The van der Waals surface area contributed by atoms with Crippen molar-refractivity contribution in [1.29, 1.82) is 0 Å². The molecule has 0 unspecified atom stereocenters. The standard InChI is InChI=1S/C13H27N/c1-3-14-12-13(2)10-8-6-4-5-7-9-11-13/h14H,3-12H2,1-2H3. The van der Waals surface area contributed by atoms with Crippen molar-refractivity contribution in [2.75, 3.05) is 13.1 Å². The Kier molecular flexibility index (Phi) is 5.54. The van der Waals surface area contributed by atoms with Gasteiger partial charge in [0.2, 0.25) is 0 Å². The molecule has 0 bridgehead atoms. The van der Waals surface area contributed by atoms with Crippen LogP contribution in [0.1, 0.15) is 65.2 Å². The van der Waals surface area contributed by atoms with Gasteiger partial charge in [-0.3, -0.25) is 0 Å². The van der Waals surface area contributed by atoms with E-state index in [0.717, 1.165) is 6.54 Å². The molecule has 0 amide bonds. The Morgan fingerprint density at radius 1 is 0.929 bits per heavy atom. The summed E-state index contributed by atoms with van der Waals surface area (Å²) in [6.07, 6.45) is 11.6. The smallest absolute Gasteiger partial charge is 0.000504 e. The fourth-order valence-corrected chi connectivity index (χ4v) is 2.54. The van der Waals surface area contributed by atoms with E-state index in [0.29, 0.717) is 5.41 Å². The third-order valence-corrected chi connectivity index (χ3v) is 3.61. The lowest BCUT2D eigenvalue weighted by atomic mass is 9.80. The van der Waals surface area contributed by atoms with Gasteiger partial charge in [-0.15, -0.1) is 0 Å². The molecule has 0 spiro atoms. The maximum atomic E-state index is 3.53. The van der Waals surface area contributed by atoms with E-state index >= 15 is 0 Å². The molecule has 1 saturated carbocycles. The molecule has 1 aliphatic carbocycles. The summed E-state index contributed by atoms with van der Waals surface area (Å²) < 4.78 is 0. The van der Waals surface area contributed by atoms with Crippen LogP contribution < -0.4 is 5.32 Å². The van der Waals surface area contributed by atoms with Crippen LogP contribution in [0.25, 0.3) is 0 Å². The van der Waals surface area contributed by atoms with Gasteiger partial charge in [0.1, 0.15) is 0 Å². The zero-order valence-electron chi connectivity index (χ0n) is 10.1. The normalized spacial score (nSPS) is 23.6. The van der Waals surface area contributed by atoms with Crippen LogP contribution in [0.15, 0.2) is 0 Å². The largest absolute Gasteiger partial charge is 0.316 e. The highest BCUT2D eigenvalue weighted by Gasteiger charge is 2.23. The SMILES string of the molecule is CCNCC1(C)CCCCCCCC1. The number of hydrogen-bond donors (Lipinski definition) is 1. The van der Waals surface area contributed by atoms with Gasteiger partial charge >= 0.3 is 0 Å². The second kappa shape index (κ2) is 6.44. The average Bonchev–Trinajstić information content (AvgIpc) is 2.28. The minimum absolute atomic E-state index is 0.584. The van der Waals surface area contributed by atoms with Gasteiger partial charge in [0.15, 0.2) is 0 Å². The van der Waals surface area contributed by atoms with E-state index in [1.165, 1.54) is 57.9 Å². The summed E-state index contributed by atoms with van der Waals surface area (Å²) in [5.41, 5.74) is 0.584. The summed E-state index contributed by atoms with van der Waals surface area (Å²) in [6, 6.07) is 0. The summed E-state index contributed by atoms with van der Waals surface area (Å²) in [5.74, 6) is 0. The third-order valence-electron chi connectivity index (χ3n) is 3.61. The highest BCUT2D eigenvalue weighted by atomic mass is 14.9. The molecule has 1 nitrogen and oxygen atoms in total. The molecule has 0 heterocycles. The Morgan fingerprint density at radius 3 is 1.93 bits per heavy atom. The molecule has 0 aromatic carbocycles. The average molecular weight is 197 g/mol. The number of nitrogens with one attached hydrogen (secondary N) is 1. The summed E-state index contributed by atoms with van der Waals surface area (Å²) in [7, 11) is 0. The van der Waals surface area contributed by atoms with Crippen LogP contribution >= 0.6 is 0 Å². The fourth-order valence-electron chi connectivity index (χ4n) is 2.54. The van der Waals surface area contributed by atoms with E-state index in [-0.39, 0.29) is 0 Å². The van der Waals surface area contributed by atoms with Crippen molar-refractivity contribution in [3.63, 3.8) is 0 Å². The van der Waals surface area contributed by atoms with Crippen molar-refractivity contribution in [3.8, 4) is 0 Å². The summed E-state index contributed by atoms with van der Waals surface area (Å²) >= 11 is 0. The lowest BCUT2D eigenvalue weighted by molar-refractivity contribution is 0.249. The minimum Gasteiger partial charge on any atom is -0.316 e. The monoisotopic (exact) mass is 197 g/mol. The van der Waals surface area contributed by atoms with E-state index in [2.05, 4.69) is 19.2 Å². The van der Waals surface area contributed by atoms with Crippen LogP contribution in [0, 0.1) is 5.41 Å². The van der Waals surface area contributed by atoms with Crippen molar-refractivity contribution in [3.05, 3.63) is 0 Å². The first kappa shape index (κ1) is 12.0. The molecule has 0 aromatic rings. The molecule has 1 fully saturated rings. The van der Waals surface area contributed by atoms with E-state index in [1.54, 1.807) is 0 Å². The molecule has 1 aliphatic rings. The Hall–Kier alpha value is -0.0400. The summed E-state index contributed by atoms with van der Waals surface area (Å²) in [5, 5.41) is 3.53. The maximum Gasteiger partial charge on any atom is 0.000504 e. The van der Waals surface area contributed by atoms with Crippen molar-refractivity contribution >= 4 is 0 Å². The molecule has 0 saturated heterocycles. The number of rotatable bonds is 3. The van der Waals surface area contributed by atoms with E-state index in [9.17, 15) is 0 Å². The van der Waals surface area contributed by atoms with Gasteiger partial charge in [0.25, 0.3) is 0 Å². The zero-order valence-corrected chi connectivity index (χ0v) is 10.1. The summed E-state index contributed by atoms with van der Waals surface area (Å²) in [6.45, 7) is 7.03. The molecular weight excluding hydrogens is 170 g/mol. The van der Waals surface area contributed by atoms with Gasteiger partial charge in [-0.05, 0) is 24.8 Å². The minimum atomic E-state index is 0.584. The van der Waals surface area contributed by atoms with Crippen LogP contribution in [0.3, 0.4) is 0 Å². The summed E-state index contributed by atoms with van der Waals surface area (Å²) in [4.78, 5) is 0. The lowest BCUT2D eigenvalue weighted by Gasteiger charge is -2.29. The first-order valence-corrected chi connectivity index (χ1v) is 6.47. The van der Waals surface area contributed by atoms with Gasteiger partial charge in [-0.1, -0.05) is 52.4 Å². The van der Waals surface area contributed by atoms with Crippen LogP contribution in [-0.2, 0) is 0 Å². The Balaban J connectivity index is 2.36. The predicted octanol–water partition coefficient (Wildman–Crippen LogP) is 3.74. The van der Waals surface area contributed by atoms with E-state index in [1.807, 2.05) is 0 Å². The van der Waals surface area contributed by atoms with E-state index in [4.69, 9.17) is 0 Å². The molecule has 1 N–H and O–H groups in total. The molecule has 14 heavy (non-hydrogen) atoms. The first-order valence-electron chi connectivity index (χ1n) is 6.47. The van der Waals surface area contributed by atoms with Crippen molar-refractivity contribution in [2.24, 2.45) is 5.41 Å². The van der Waals surface area contributed by atoms with Crippen LogP contribution in [-0.4, -0.2) is 13.1 Å². The molecule has 84 valence electrons. The molecule has 0 radical (unpaired) electrons. The maximum absolute atomic E-state index is 3.53. The third kappa shape index (κ3) is 4.45. The molecular formula is C13H27N. The first-order chi connectivity index (χ1) is 6.77. The Morgan fingerprint density at radius 2 is 1.43 bits per heavy atom. The zero-order chi connectivity index (χ0) is 10.3. The molecule has 1 heteroatoms. The van der Waals surface area contributed by atoms with Crippen LogP contribution in [0.4, 0.5) is 0 Å². The van der Waals surface area contributed by atoms with Crippen LogP contribution in [0.5, 0.6) is 0 Å². The van der Waals surface area contributed by atoms with Crippen molar-refractivity contribution < 1.29 is 0 Å². The van der Waals surface area contributed by atoms with E-state index < -0.39 is 0 Å². The highest BCUT2D eigenvalue weighted by Crippen LogP contribution is 2.32. The number of hydrogen-bond acceptors (Lipinski definition) is 1. The Bertz CT molecular complexity index is 132. The topological polar surface area (TPSA) is 12.0 Å². The molecule has 0 aliphatic heterocycles. The second-order valence-electron chi connectivity index (χ2n) is 5.21. The van der Waals surface area contributed by atoms with Gasteiger partial charge in [-0.2, -0.15) is 0 Å². The van der Waals surface area contributed by atoms with Gasteiger partial charge in [0, 0.05) is 6.54 Å². The molecule has 0 aromatic heterocycles. The van der Waals surface area contributed by atoms with Gasteiger partial charge in [0.05, 0.1) is 0 Å².